The number of ether oxygens (including phenoxy) is 1. The number of cyclic esters (lactones) is 1. The Kier molecular flexibility index (Phi) is 4.04. The standard InChI is InChI=1S/C18H17FN4O3/c1-11-20-21-17-8-12(4-6-22(11)17)15-3-2-13(9-16(15)19)23-10-14(5-7-24)26-18(23)25/h2-4,6,8-9,14,24H,5,7,10H2,1H3/t14-/m0/s1. The molecule has 26 heavy (non-hydrogen) atoms. The van der Waals surface area contributed by atoms with Crippen LogP contribution >= 0.6 is 0 Å². The van der Waals surface area contributed by atoms with Crippen LogP contribution in [0.1, 0.15) is 12.2 Å². The number of rotatable bonds is 4. The number of fused-ring (bicyclic) bond motifs is 1. The van der Waals surface area contributed by atoms with E-state index in [-0.39, 0.29) is 12.7 Å². The number of halogens is 1. The third kappa shape index (κ3) is 2.78. The summed E-state index contributed by atoms with van der Waals surface area (Å²) in [6, 6.07) is 8.19. The van der Waals surface area contributed by atoms with Crippen molar-refractivity contribution < 1.29 is 19.0 Å². The predicted molar refractivity (Wildman–Crippen MR) is 92.4 cm³/mol. The van der Waals surface area contributed by atoms with E-state index in [0.29, 0.717) is 35.4 Å². The van der Waals surface area contributed by atoms with Gasteiger partial charge in [-0.1, -0.05) is 0 Å². The van der Waals surface area contributed by atoms with Crippen LogP contribution in [-0.4, -0.2) is 45.1 Å². The molecule has 0 radical (unpaired) electrons. The number of aromatic nitrogens is 3. The van der Waals surface area contributed by atoms with Crippen LogP contribution in [-0.2, 0) is 4.74 Å². The number of amides is 1. The van der Waals surface area contributed by atoms with Gasteiger partial charge in [0.2, 0.25) is 0 Å². The largest absolute Gasteiger partial charge is 0.444 e. The molecule has 1 N–H and O–H groups in total. The fourth-order valence-corrected chi connectivity index (χ4v) is 3.11. The van der Waals surface area contributed by atoms with Gasteiger partial charge in [-0.05, 0) is 42.8 Å². The third-order valence-electron chi connectivity index (χ3n) is 4.48. The molecule has 134 valence electrons. The molecule has 1 fully saturated rings. The van der Waals surface area contributed by atoms with Crippen molar-refractivity contribution in [3.05, 3.63) is 48.2 Å². The van der Waals surface area contributed by atoms with Gasteiger partial charge in [0.05, 0.1) is 12.2 Å². The minimum absolute atomic E-state index is 0.0658. The van der Waals surface area contributed by atoms with Gasteiger partial charge in [-0.2, -0.15) is 0 Å². The summed E-state index contributed by atoms with van der Waals surface area (Å²) in [5.74, 6) is 0.314. The average Bonchev–Trinajstić information content (AvgIpc) is 3.18. The van der Waals surface area contributed by atoms with Crippen LogP contribution in [0, 0.1) is 12.7 Å². The smallest absolute Gasteiger partial charge is 0.414 e. The molecule has 0 saturated carbocycles. The van der Waals surface area contributed by atoms with Gasteiger partial charge in [0.1, 0.15) is 17.7 Å². The van der Waals surface area contributed by atoms with E-state index >= 15 is 0 Å². The lowest BCUT2D eigenvalue weighted by Gasteiger charge is -2.14. The van der Waals surface area contributed by atoms with Gasteiger partial charge in [-0.15, -0.1) is 10.2 Å². The molecule has 1 saturated heterocycles. The number of carbonyl (C=O) groups excluding carboxylic acids is 1. The number of anilines is 1. The Bertz CT molecular complexity index is 988. The number of carbonyl (C=O) groups is 1. The molecule has 3 aromatic rings. The molecule has 8 heteroatoms. The van der Waals surface area contributed by atoms with Crippen LogP contribution in [0.4, 0.5) is 14.9 Å². The summed E-state index contributed by atoms with van der Waals surface area (Å²) in [5.41, 5.74) is 2.15. The summed E-state index contributed by atoms with van der Waals surface area (Å²) in [6.07, 6.45) is 1.25. The lowest BCUT2D eigenvalue weighted by Crippen LogP contribution is -2.24. The first-order valence-electron chi connectivity index (χ1n) is 8.27. The minimum atomic E-state index is -0.532. The van der Waals surface area contributed by atoms with Gasteiger partial charge in [-0.25, -0.2) is 9.18 Å². The molecule has 1 aliphatic rings. The van der Waals surface area contributed by atoms with Crippen molar-refractivity contribution >= 4 is 17.4 Å². The highest BCUT2D eigenvalue weighted by Crippen LogP contribution is 2.30. The van der Waals surface area contributed by atoms with Crippen molar-refractivity contribution in [3.8, 4) is 11.1 Å². The quantitative estimate of drug-likeness (QED) is 0.777. The molecule has 0 spiro atoms. The fourth-order valence-electron chi connectivity index (χ4n) is 3.11. The number of aliphatic hydroxyl groups is 1. The summed E-state index contributed by atoms with van der Waals surface area (Å²) in [7, 11) is 0. The van der Waals surface area contributed by atoms with Crippen LogP contribution in [0.3, 0.4) is 0 Å². The van der Waals surface area contributed by atoms with Gasteiger partial charge in [0.25, 0.3) is 0 Å². The maximum Gasteiger partial charge on any atom is 0.414 e. The Morgan fingerprint density at radius 3 is 2.92 bits per heavy atom. The maximum absolute atomic E-state index is 14.7. The summed E-state index contributed by atoms with van der Waals surface area (Å²) >= 11 is 0. The first-order valence-corrected chi connectivity index (χ1v) is 8.27. The van der Waals surface area contributed by atoms with Crippen LogP contribution in [0.15, 0.2) is 36.5 Å². The molecule has 1 aliphatic heterocycles. The Balaban J connectivity index is 1.64. The predicted octanol–water partition coefficient (Wildman–Crippen LogP) is 2.55. The highest BCUT2D eigenvalue weighted by molar-refractivity contribution is 5.90. The summed E-state index contributed by atoms with van der Waals surface area (Å²) in [6.45, 7) is 2.07. The molecule has 0 unspecified atom stereocenters. The van der Waals surface area contributed by atoms with E-state index in [1.54, 1.807) is 30.5 Å². The van der Waals surface area contributed by atoms with Crippen molar-refractivity contribution in [3.63, 3.8) is 0 Å². The number of aliphatic hydroxyl groups excluding tert-OH is 1. The van der Waals surface area contributed by atoms with E-state index in [1.807, 2.05) is 11.3 Å². The zero-order valence-electron chi connectivity index (χ0n) is 14.1. The van der Waals surface area contributed by atoms with Gasteiger partial charge in [0.15, 0.2) is 5.65 Å². The van der Waals surface area contributed by atoms with Crippen molar-refractivity contribution in [1.82, 2.24) is 14.6 Å². The van der Waals surface area contributed by atoms with Gasteiger partial charge in [-0.3, -0.25) is 9.30 Å². The van der Waals surface area contributed by atoms with Gasteiger partial charge in [0, 0.05) is 24.8 Å². The van der Waals surface area contributed by atoms with E-state index in [4.69, 9.17) is 9.84 Å². The second-order valence-corrected chi connectivity index (χ2v) is 6.18. The van der Waals surface area contributed by atoms with Crippen LogP contribution in [0.5, 0.6) is 0 Å². The molecule has 3 heterocycles. The highest BCUT2D eigenvalue weighted by Gasteiger charge is 2.32. The second kappa shape index (κ2) is 6.38. The molecule has 1 atom stereocenters. The highest BCUT2D eigenvalue weighted by atomic mass is 19.1. The molecular weight excluding hydrogens is 339 g/mol. The van der Waals surface area contributed by atoms with E-state index < -0.39 is 11.9 Å². The monoisotopic (exact) mass is 356 g/mol. The summed E-state index contributed by atoms with van der Waals surface area (Å²) in [5, 5.41) is 17.0. The maximum atomic E-state index is 14.7. The minimum Gasteiger partial charge on any atom is -0.444 e. The Hall–Kier alpha value is -3.00. The van der Waals surface area contributed by atoms with Crippen LogP contribution < -0.4 is 4.90 Å². The Morgan fingerprint density at radius 2 is 2.15 bits per heavy atom. The fraction of sp³-hybridized carbons (Fsp3) is 0.278. The number of aryl methyl sites for hydroxylation is 1. The van der Waals surface area contributed by atoms with Gasteiger partial charge < -0.3 is 9.84 Å². The summed E-state index contributed by atoms with van der Waals surface area (Å²) < 4.78 is 21.7. The first-order chi connectivity index (χ1) is 12.6. The van der Waals surface area contributed by atoms with Crippen molar-refractivity contribution in [2.45, 2.75) is 19.4 Å². The molecular formula is C18H17FN4O3. The summed E-state index contributed by atoms with van der Waals surface area (Å²) in [4.78, 5) is 13.3. The van der Waals surface area contributed by atoms with Crippen molar-refractivity contribution in [2.75, 3.05) is 18.1 Å². The first kappa shape index (κ1) is 16.5. The molecule has 0 bridgehead atoms. The average molecular weight is 356 g/mol. The topological polar surface area (TPSA) is 80.0 Å². The number of nitrogens with zero attached hydrogens (tertiary/aromatic N) is 4. The SMILES string of the molecule is Cc1nnc2cc(-c3ccc(N4C[C@H](CCO)OC4=O)cc3F)ccn12. The zero-order chi connectivity index (χ0) is 18.3. The number of benzene rings is 1. The van der Waals surface area contributed by atoms with E-state index in [0.717, 1.165) is 5.82 Å². The Labute approximate surface area is 148 Å². The van der Waals surface area contributed by atoms with E-state index in [9.17, 15) is 9.18 Å². The normalized spacial score (nSPS) is 17.1. The van der Waals surface area contributed by atoms with E-state index in [1.165, 1.54) is 11.0 Å². The van der Waals surface area contributed by atoms with Gasteiger partial charge >= 0.3 is 6.09 Å². The molecule has 0 aliphatic carbocycles. The number of hydrogen-bond acceptors (Lipinski definition) is 5. The lowest BCUT2D eigenvalue weighted by molar-refractivity contribution is 0.122. The van der Waals surface area contributed by atoms with E-state index in [2.05, 4.69) is 10.2 Å². The molecule has 4 rings (SSSR count). The molecule has 1 aromatic carbocycles. The molecule has 1 amide bonds. The lowest BCUT2D eigenvalue weighted by atomic mass is 10.1. The second-order valence-electron chi connectivity index (χ2n) is 6.18. The Morgan fingerprint density at radius 1 is 1.31 bits per heavy atom. The molecule has 7 nitrogen and oxygen atoms in total. The zero-order valence-corrected chi connectivity index (χ0v) is 14.1. The third-order valence-corrected chi connectivity index (χ3v) is 4.48. The van der Waals surface area contributed by atoms with Crippen LogP contribution in [0.25, 0.3) is 16.8 Å². The van der Waals surface area contributed by atoms with Crippen molar-refractivity contribution in [1.29, 1.82) is 0 Å². The van der Waals surface area contributed by atoms with Crippen LogP contribution in [0.2, 0.25) is 0 Å². The number of pyridine rings is 1. The number of hydrogen-bond donors (Lipinski definition) is 1. The van der Waals surface area contributed by atoms with Crippen molar-refractivity contribution in [2.24, 2.45) is 0 Å². The molecule has 2 aromatic heterocycles.